The minimum atomic E-state index is -0.992. The molecule has 1 N–H and O–H groups in total. The predicted molar refractivity (Wildman–Crippen MR) is 72.4 cm³/mol. The van der Waals surface area contributed by atoms with Crippen LogP contribution in [0, 0.1) is 0 Å². The Morgan fingerprint density at radius 3 is 2.33 bits per heavy atom. The normalized spacial score (nSPS) is 11.9. The van der Waals surface area contributed by atoms with Crippen LogP contribution >= 0.6 is 15.9 Å². The number of rotatable bonds is 5. The van der Waals surface area contributed by atoms with Gasteiger partial charge < -0.3 is 10.0 Å². The molecular formula is C13H16BrNO3. The number of likely N-dealkylation sites (N-methyl/N-ethyl adjacent to an activating group) is 1. The molecule has 1 amide bonds. The van der Waals surface area contributed by atoms with Crippen molar-refractivity contribution < 1.29 is 14.7 Å². The zero-order valence-corrected chi connectivity index (χ0v) is 12.0. The van der Waals surface area contributed by atoms with E-state index in [0.29, 0.717) is 6.54 Å². The molecule has 1 rings (SSSR count). The van der Waals surface area contributed by atoms with Gasteiger partial charge in [0.2, 0.25) is 5.91 Å². The Balaban J connectivity index is 2.81. The van der Waals surface area contributed by atoms with E-state index in [0.717, 1.165) is 10.0 Å². The van der Waals surface area contributed by atoms with Gasteiger partial charge in [-0.25, -0.2) is 0 Å². The van der Waals surface area contributed by atoms with Crippen LogP contribution in [0.15, 0.2) is 28.7 Å². The van der Waals surface area contributed by atoms with Gasteiger partial charge in [0.1, 0.15) is 6.54 Å². The van der Waals surface area contributed by atoms with Gasteiger partial charge >= 0.3 is 5.97 Å². The molecule has 1 atom stereocenters. The highest BCUT2D eigenvalue weighted by atomic mass is 79.9. The molecule has 1 aromatic rings. The summed E-state index contributed by atoms with van der Waals surface area (Å²) in [6, 6.07) is 7.46. The molecule has 0 saturated carbocycles. The molecule has 0 radical (unpaired) electrons. The molecule has 0 aromatic heterocycles. The van der Waals surface area contributed by atoms with Gasteiger partial charge in [-0.1, -0.05) is 28.1 Å². The van der Waals surface area contributed by atoms with Crippen LogP contribution < -0.4 is 0 Å². The summed E-state index contributed by atoms with van der Waals surface area (Å²) >= 11 is 3.33. The number of carboxylic acids is 1. The van der Waals surface area contributed by atoms with E-state index >= 15 is 0 Å². The Hall–Kier alpha value is -1.36. The molecule has 0 aliphatic carbocycles. The van der Waals surface area contributed by atoms with E-state index in [-0.39, 0.29) is 18.4 Å². The zero-order chi connectivity index (χ0) is 13.7. The van der Waals surface area contributed by atoms with Crippen LogP contribution in [0.25, 0.3) is 0 Å². The van der Waals surface area contributed by atoms with Crippen LogP contribution in [-0.4, -0.2) is 35.0 Å². The van der Waals surface area contributed by atoms with Crippen molar-refractivity contribution in [2.24, 2.45) is 0 Å². The fourth-order valence-electron chi connectivity index (χ4n) is 1.68. The SMILES string of the molecule is CCN(CC(=O)O)C(=O)C(C)c1ccc(Br)cc1. The molecule has 0 spiro atoms. The maximum absolute atomic E-state index is 12.1. The second kappa shape index (κ2) is 6.54. The minimum absolute atomic E-state index is 0.165. The van der Waals surface area contributed by atoms with E-state index in [1.54, 1.807) is 13.8 Å². The van der Waals surface area contributed by atoms with E-state index in [9.17, 15) is 9.59 Å². The number of carboxylic acid groups (broad SMARTS) is 1. The lowest BCUT2D eigenvalue weighted by Gasteiger charge is -2.22. The lowest BCUT2D eigenvalue weighted by atomic mass is 10.00. The van der Waals surface area contributed by atoms with Crippen molar-refractivity contribution in [3.63, 3.8) is 0 Å². The number of amides is 1. The third kappa shape index (κ3) is 3.84. The Morgan fingerprint density at radius 2 is 1.89 bits per heavy atom. The zero-order valence-electron chi connectivity index (χ0n) is 10.4. The molecule has 1 aromatic carbocycles. The van der Waals surface area contributed by atoms with Crippen LogP contribution in [0.4, 0.5) is 0 Å². The largest absolute Gasteiger partial charge is 0.480 e. The summed E-state index contributed by atoms with van der Waals surface area (Å²) in [5.74, 6) is -1.49. The molecule has 0 fully saturated rings. The van der Waals surface area contributed by atoms with Crippen LogP contribution in [0.5, 0.6) is 0 Å². The van der Waals surface area contributed by atoms with Gasteiger partial charge in [-0.2, -0.15) is 0 Å². The lowest BCUT2D eigenvalue weighted by molar-refractivity contribution is -0.144. The molecule has 0 saturated heterocycles. The topological polar surface area (TPSA) is 57.6 Å². The maximum atomic E-state index is 12.1. The van der Waals surface area contributed by atoms with Crippen molar-refractivity contribution in [2.75, 3.05) is 13.1 Å². The van der Waals surface area contributed by atoms with E-state index in [4.69, 9.17) is 5.11 Å². The molecule has 18 heavy (non-hydrogen) atoms. The summed E-state index contributed by atoms with van der Waals surface area (Å²) in [4.78, 5) is 24.2. The Morgan fingerprint density at radius 1 is 1.33 bits per heavy atom. The van der Waals surface area contributed by atoms with Crippen molar-refractivity contribution in [1.82, 2.24) is 4.90 Å². The van der Waals surface area contributed by atoms with Crippen molar-refractivity contribution in [2.45, 2.75) is 19.8 Å². The number of hydrogen-bond donors (Lipinski definition) is 1. The quantitative estimate of drug-likeness (QED) is 0.908. The molecule has 1 unspecified atom stereocenters. The Labute approximate surface area is 115 Å². The van der Waals surface area contributed by atoms with Crippen molar-refractivity contribution >= 4 is 27.8 Å². The number of nitrogens with zero attached hydrogens (tertiary/aromatic N) is 1. The van der Waals surface area contributed by atoms with E-state index in [1.807, 2.05) is 24.3 Å². The van der Waals surface area contributed by atoms with Gasteiger partial charge in [0.25, 0.3) is 0 Å². The van der Waals surface area contributed by atoms with Gasteiger partial charge in [-0.3, -0.25) is 9.59 Å². The molecule has 0 bridgehead atoms. The Kier molecular flexibility index (Phi) is 5.34. The summed E-state index contributed by atoms with van der Waals surface area (Å²) in [5.41, 5.74) is 0.882. The van der Waals surface area contributed by atoms with Crippen molar-refractivity contribution in [1.29, 1.82) is 0 Å². The smallest absolute Gasteiger partial charge is 0.323 e. The maximum Gasteiger partial charge on any atom is 0.323 e. The first-order valence-electron chi connectivity index (χ1n) is 5.71. The second-order valence-electron chi connectivity index (χ2n) is 4.02. The van der Waals surface area contributed by atoms with Gasteiger partial charge in [0.15, 0.2) is 0 Å². The standard InChI is InChI=1S/C13H16BrNO3/c1-3-15(8-12(16)17)13(18)9(2)10-4-6-11(14)7-5-10/h4-7,9H,3,8H2,1-2H3,(H,16,17). The predicted octanol–water partition coefficient (Wildman–Crippen LogP) is 2.49. The fraction of sp³-hybridized carbons (Fsp3) is 0.385. The summed E-state index contributed by atoms with van der Waals surface area (Å²) in [6.07, 6.45) is 0. The highest BCUT2D eigenvalue weighted by Gasteiger charge is 2.22. The highest BCUT2D eigenvalue weighted by molar-refractivity contribution is 9.10. The second-order valence-corrected chi connectivity index (χ2v) is 4.94. The number of hydrogen-bond acceptors (Lipinski definition) is 2. The monoisotopic (exact) mass is 313 g/mol. The van der Waals surface area contributed by atoms with E-state index in [2.05, 4.69) is 15.9 Å². The molecule has 4 nitrogen and oxygen atoms in total. The average Bonchev–Trinajstić information content (AvgIpc) is 2.35. The van der Waals surface area contributed by atoms with Gasteiger partial charge in [0.05, 0.1) is 5.92 Å². The van der Waals surface area contributed by atoms with Crippen LogP contribution in [0.2, 0.25) is 0 Å². The molecule has 0 aliphatic heterocycles. The van der Waals surface area contributed by atoms with E-state index < -0.39 is 5.97 Å². The number of aliphatic carboxylic acids is 1. The number of benzene rings is 1. The first kappa shape index (κ1) is 14.7. The van der Waals surface area contributed by atoms with Crippen molar-refractivity contribution in [3.05, 3.63) is 34.3 Å². The Bertz CT molecular complexity index is 430. The minimum Gasteiger partial charge on any atom is -0.480 e. The highest BCUT2D eigenvalue weighted by Crippen LogP contribution is 2.20. The molecule has 0 heterocycles. The molecular weight excluding hydrogens is 298 g/mol. The van der Waals surface area contributed by atoms with Crippen LogP contribution in [0.1, 0.15) is 25.3 Å². The van der Waals surface area contributed by atoms with Crippen LogP contribution in [0.3, 0.4) is 0 Å². The van der Waals surface area contributed by atoms with Gasteiger partial charge in [-0.05, 0) is 31.5 Å². The molecule has 5 heteroatoms. The van der Waals surface area contributed by atoms with Gasteiger partial charge in [0, 0.05) is 11.0 Å². The molecule has 0 aliphatic rings. The van der Waals surface area contributed by atoms with Crippen LogP contribution in [-0.2, 0) is 9.59 Å². The van der Waals surface area contributed by atoms with Gasteiger partial charge in [-0.15, -0.1) is 0 Å². The summed E-state index contributed by atoms with van der Waals surface area (Å²) in [5, 5.41) is 8.75. The lowest BCUT2D eigenvalue weighted by Crippen LogP contribution is -2.38. The first-order valence-corrected chi connectivity index (χ1v) is 6.51. The third-order valence-electron chi connectivity index (χ3n) is 2.76. The first-order chi connectivity index (χ1) is 8.45. The van der Waals surface area contributed by atoms with E-state index in [1.165, 1.54) is 4.90 Å². The molecule has 98 valence electrons. The summed E-state index contributed by atoms with van der Waals surface area (Å²) in [7, 11) is 0. The summed E-state index contributed by atoms with van der Waals surface area (Å²) in [6.45, 7) is 3.70. The number of carbonyl (C=O) groups is 2. The number of halogens is 1. The number of carbonyl (C=O) groups excluding carboxylic acids is 1. The summed E-state index contributed by atoms with van der Waals surface area (Å²) < 4.78 is 0.948. The third-order valence-corrected chi connectivity index (χ3v) is 3.29. The average molecular weight is 314 g/mol. The fourth-order valence-corrected chi connectivity index (χ4v) is 1.94. The van der Waals surface area contributed by atoms with Crippen molar-refractivity contribution in [3.8, 4) is 0 Å².